The number of carbonyl (C=O) groups is 1. The third-order valence-electron chi connectivity index (χ3n) is 1.42. The van der Waals surface area contributed by atoms with Gasteiger partial charge < -0.3 is 30.3 Å². The van der Waals surface area contributed by atoms with Gasteiger partial charge in [-0.1, -0.05) is 0 Å². The average molecular weight is 200 g/mol. The SMILES string of the molecule is F.O=C[C@H](O)[C@@H](O)[C@H](O)[C@H](O)CO. The van der Waals surface area contributed by atoms with E-state index in [1.807, 2.05) is 0 Å². The molecule has 0 rings (SSSR count). The van der Waals surface area contributed by atoms with Gasteiger partial charge in [-0.3, -0.25) is 4.70 Å². The van der Waals surface area contributed by atoms with Crippen molar-refractivity contribution >= 4 is 6.29 Å². The van der Waals surface area contributed by atoms with Gasteiger partial charge in [0.1, 0.15) is 24.4 Å². The molecule has 0 fully saturated rings. The van der Waals surface area contributed by atoms with Gasteiger partial charge in [0.05, 0.1) is 6.61 Å². The number of hydrogen-bond acceptors (Lipinski definition) is 6. The number of aliphatic hydroxyl groups is 5. The van der Waals surface area contributed by atoms with Crippen LogP contribution in [0, 0.1) is 0 Å². The van der Waals surface area contributed by atoms with Gasteiger partial charge >= 0.3 is 0 Å². The average Bonchev–Trinajstić information content (AvgIpc) is 2.12. The monoisotopic (exact) mass is 200 g/mol. The summed E-state index contributed by atoms with van der Waals surface area (Å²) in [4.78, 5) is 9.90. The van der Waals surface area contributed by atoms with Crippen LogP contribution < -0.4 is 0 Å². The number of hydrogen-bond donors (Lipinski definition) is 5. The zero-order valence-corrected chi connectivity index (χ0v) is 6.65. The lowest BCUT2D eigenvalue weighted by molar-refractivity contribution is -0.136. The minimum atomic E-state index is -1.79. The first-order chi connectivity index (χ1) is 5.54. The van der Waals surface area contributed by atoms with Crippen molar-refractivity contribution < 1.29 is 35.0 Å². The maximum Gasteiger partial charge on any atom is 0.151 e. The van der Waals surface area contributed by atoms with E-state index in [2.05, 4.69) is 0 Å². The van der Waals surface area contributed by atoms with Crippen LogP contribution in [0.4, 0.5) is 4.70 Å². The predicted octanol–water partition coefficient (Wildman–Crippen LogP) is -3.23. The molecule has 0 unspecified atom stereocenters. The first-order valence-corrected chi connectivity index (χ1v) is 3.33. The highest BCUT2D eigenvalue weighted by Crippen LogP contribution is 2.02. The van der Waals surface area contributed by atoms with E-state index in [1.54, 1.807) is 0 Å². The first kappa shape index (κ1) is 14.9. The van der Waals surface area contributed by atoms with E-state index in [0.29, 0.717) is 0 Å². The van der Waals surface area contributed by atoms with Crippen molar-refractivity contribution in [2.24, 2.45) is 0 Å². The molecule has 5 N–H and O–H groups in total. The quantitative estimate of drug-likeness (QED) is 0.298. The lowest BCUT2D eigenvalue weighted by atomic mass is 10.0. The Hall–Kier alpha value is -0.600. The number of aldehydes is 1. The Morgan fingerprint density at radius 1 is 1.08 bits per heavy atom. The van der Waals surface area contributed by atoms with E-state index in [-0.39, 0.29) is 11.0 Å². The molecule has 4 atom stereocenters. The van der Waals surface area contributed by atoms with Crippen LogP contribution in [0.3, 0.4) is 0 Å². The largest absolute Gasteiger partial charge is 0.394 e. The molecule has 0 aromatic rings. The standard InChI is InChI=1S/C6H12O6.FH/c7-1-3(9)5(11)6(12)4(10)2-8;/h1,3-6,8-12H,2H2;1H/t3-,4+,5+,6+;/m0./s1. The fourth-order valence-corrected chi connectivity index (χ4v) is 0.618. The van der Waals surface area contributed by atoms with Crippen LogP contribution in [0.1, 0.15) is 0 Å². The molecule has 0 saturated heterocycles. The molecule has 0 amide bonds. The summed E-state index contributed by atoms with van der Waals surface area (Å²) in [6.07, 6.45) is -6.84. The Morgan fingerprint density at radius 2 is 1.54 bits per heavy atom. The minimum absolute atomic E-state index is 0. The van der Waals surface area contributed by atoms with Crippen molar-refractivity contribution in [1.29, 1.82) is 0 Å². The summed E-state index contributed by atoms with van der Waals surface area (Å²) in [6, 6.07) is 0. The van der Waals surface area contributed by atoms with Gasteiger partial charge in [-0.25, -0.2) is 0 Å². The summed E-state index contributed by atoms with van der Waals surface area (Å²) >= 11 is 0. The van der Waals surface area contributed by atoms with Crippen LogP contribution >= 0.6 is 0 Å². The summed E-state index contributed by atoms with van der Waals surface area (Å²) in [7, 11) is 0. The van der Waals surface area contributed by atoms with Gasteiger partial charge in [0.25, 0.3) is 0 Å². The summed E-state index contributed by atoms with van der Waals surface area (Å²) in [5.41, 5.74) is 0. The molecule has 0 aromatic carbocycles. The van der Waals surface area contributed by atoms with Crippen LogP contribution in [0.2, 0.25) is 0 Å². The molecule has 0 spiro atoms. The maximum atomic E-state index is 9.90. The lowest BCUT2D eigenvalue weighted by Crippen LogP contribution is -2.46. The number of halogens is 1. The molecule has 13 heavy (non-hydrogen) atoms. The summed E-state index contributed by atoms with van der Waals surface area (Å²) in [5.74, 6) is 0. The molecule has 6 nitrogen and oxygen atoms in total. The molecule has 0 radical (unpaired) electrons. The van der Waals surface area contributed by atoms with Crippen LogP contribution in [-0.2, 0) is 4.79 Å². The van der Waals surface area contributed by atoms with Gasteiger partial charge in [0.2, 0.25) is 0 Å². The molecule has 0 aromatic heterocycles. The second-order valence-electron chi connectivity index (χ2n) is 2.36. The molecule has 7 heteroatoms. The Morgan fingerprint density at radius 3 is 1.85 bits per heavy atom. The lowest BCUT2D eigenvalue weighted by Gasteiger charge is -2.22. The Balaban J connectivity index is 0. The van der Waals surface area contributed by atoms with E-state index < -0.39 is 31.0 Å². The van der Waals surface area contributed by atoms with Crippen molar-refractivity contribution in [3.05, 3.63) is 0 Å². The summed E-state index contributed by atoms with van der Waals surface area (Å²) in [6.45, 7) is -0.760. The molecule has 0 heterocycles. The van der Waals surface area contributed by atoms with Gasteiger partial charge in [-0.15, -0.1) is 0 Å². The second kappa shape index (κ2) is 6.87. The topological polar surface area (TPSA) is 118 Å². The fraction of sp³-hybridized carbons (Fsp3) is 0.833. The highest BCUT2D eigenvalue weighted by Gasteiger charge is 2.29. The van der Waals surface area contributed by atoms with Gasteiger partial charge in [-0.05, 0) is 0 Å². The molecule has 0 saturated carbocycles. The van der Waals surface area contributed by atoms with Gasteiger partial charge in [0.15, 0.2) is 6.29 Å². The van der Waals surface area contributed by atoms with E-state index in [9.17, 15) is 4.79 Å². The van der Waals surface area contributed by atoms with Crippen LogP contribution in [0.5, 0.6) is 0 Å². The van der Waals surface area contributed by atoms with E-state index in [4.69, 9.17) is 25.5 Å². The molecule has 0 aliphatic heterocycles. The number of carbonyl (C=O) groups excluding carboxylic acids is 1. The number of rotatable bonds is 5. The normalized spacial score (nSPS) is 19.5. The second-order valence-corrected chi connectivity index (χ2v) is 2.36. The minimum Gasteiger partial charge on any atom is -0.394 e. The van der Waals surface area contributed by atoms with Crippen molar-refractivity contribution in [2.75, 3.05) is 6.61 Å². The Kier molecular flexibility index (Phi) is 7.87. The van der Waals surface area contributed by atoms with Crippen molar-refractivity contribution in [3.63, 3.8) is 0 Å². The van der Waals surface area contributed by atoms with Gasteiger partial charge in [-0.2, -0.15) is 0 Å². The molecule has 0 bridgehead atoms. The Bertz CT molecular complexity index is 143. The zero-order valence-electron chi connectivity index (χ0n) is 6.65. The highest BCUT2D eigenvalue weighted by molar-refractivity contribution is 5.56. The van der Waals surface area contributed by atoms with E-state index in [1.165, 1.54) is 0 Å². The molecular weight excluding hydrogens is 187 g/mol. The number of aliphatic hydroxyl groups excluding tert-OH is 5. The Labute approximate surface area is 73.4 Å². The molecule has 80 valence electrons. The zero-order chi connectivity index (χ0) is 9.72. The van der Waals surface area contributed by atoms with Crippen molar-refractivity contribution in [3.8, 4) is 0 Å². The summed E-state index contributed by atoms with van der Waals surface area (Å²) < 4.78 is 0. The molecule has 0 aliphatic carbocycles. The first-order valence-electron chi connectivity index (χ1n) is 3.33. The van der Waals surface area contributed by atoms with Crippen LogP contribution in [-0.4, -0.2) is 62.8 Å². The van der Waals surface area contributed by atoms with Crippen LogP contribution in [0.15, 0.2) is 0 Å². The van der Waals surface area contributed by atoms with Gasteiger partial charge in [0, 0.05) is 0 Å². The van der Waals surface area contributed by atoms with E-state index in [0.717, 1.165) is 0 Å². The van der Waals surface area contributed by atoms with Crippen molar-refractivity contribution in [2.45, 2.75) is 24.4 Å². The molecular formula is C6H13FO6. The van der Waals surface area contributed by atoms with E-state index >= 15 is 0 Å². The van der Waals surface area contributed by atoms with Crippen molar-refractivity contribution in [1.82, 2.24) is 0 Å². The smallest absolute Gasteiger partial charge is 0.151 e. The highest BCUT2D eigenvalue weighted by atomic mass is 19.0. The fourth-order valence-electron chi connectivity index (χ4n) is 0.618. The predicted molar refractivity (Wildman–Crippen MR) is 39.7 cm³/mol. The molecule has 0 aliphatic rings. The third-order valence-corrected chi connectivity index (χ3v) is 1.42. The maximum absolute atomic E-state index is 9.90. The van der Waals surface area contributed by atoms with Crippen LogP contribution in [0.25, 0.3) is 0 Å². The summed E-state index contributed by atoms with van der Waals surface area (Å²) in [5, 5.41) is 43.5. The third kappa shape index (κ3) is 4.25.